The molecule has 1 aliphatic heterocycles. The third-order valence-electron chi connectivity index (χ3n) is 6.10. The fourth-order valence-electron chi connectivity index (χ4n) is 4.50. The average Bonchev–Trinajstić information content (AvgIpc) is 3.48. The number of nitrogens with two attached hydrogens (primary N) is 1. The zero-order valence-electron chi connectivity index (χ0n) is 18.6. The molecule has 3 atom stereocenters. The van der Waals surface area contributed by atoms with Gasteiger partial charge in [0.05, 0.1) is 23.1 Å². The Hall–Kier alpha value is -3.09. The fourth-order valence-corrected chi connectivity index (χ4v) is 5.95. The highest BCUT2D eigenvalue weighted by Gasteiger charge is 2.66. The number of nitrogens with zero attached hydrogens (tertiary/aromatic N) is 2. The maximum Gasteiger partial charge on any atom is 0.274 e. The molecule has 33 heavy (non-hydrogen) atoms. The van der Waals surface area contributed by atoms with Gasteiger partial charge in [-0.25, -0.2) is 9.37 Å². The number of amidine groups is 1. The number of anilines is 1. The van der Waals surface area contributed by atoms with E-state index in [0.29, 0.717) is 34.3 Å². The molecule has 0 spiro atoms. The predicted molar refractivity (Wildman–Crippen MR) is 127 cm³/mol. The molecule has 1 aromatic carbocycles. The van der Waals surface area contributed by atoms with Crippen LogP contribution in [0.15, 0.2) is 35.5 Å². The van der Waals surface area contributed by atoms with E-state index in [-0.39, 0.29) is 23.0 Å². The van der Waals surface area contributed by atoms with Crippen molar-refractivity contribution in [1.29, 1.82) is 0 Å². The van der Waals surface area contributed by atoms with Gasteiger partial charge in [-0.15, -0.1) is 6.42 Å². The molecule has 1 aliphatic carbocycles. The summed E-state index contributed by atoms with van der Waals surface area (Å²) in [5.41, 5.74) is 6.95. The topological polar surface area (TPSA) is 98.8 Å². The van der Waals surface area contributed by atoms with E-state index >= 15 is 0 Å². The number of aromatic nitrogens is 1. The number of halogens is 1. The second-order valence-corrected chi connectivity index (χ2v) is 9.87. The minimum absolute atomic E-state index is 0.0715. The van der Waals surface area contributed by atoms with E-state index in [9.17, 15) is 9.18 Å². The van der Waals surface area contributed by atoms with Gasteiger partial charge in [-0.2, -0.15) is 0 Å². The van der Waals surface area contributed by atoms with Gasteiger partial charge < -0.3 is 20.5 Å². The third kappa shape index (κ3) is 4.28. The van der Waals surface area contributed by atoms with E-state index in [4.69, 9.17) is 21.6 Å². The number of aliphatic imine (C=N–C) groups is 1. The molecule has 2 aliphatic rings. The van der Waals surface area contributed by atoms with Crippen LogP contribution in [0.3, 0.4) is 0 Å². The van der Waals surface area contributed by atoms with Gasteiger partial charge >= 0.3 is 0 Å². The zero-order chi connectivity index (χ0) is 23.8. The molecule has 0 unspecified atom stereocenters. The van der Waals surface area contributed by atoms with Gasteiger partial charge in [-0.1, -0.05) is 17.7 Å². The van der Waals surface area contributed by atoms with Crippen molar-refractivity contribution < 1.29 is 18.7 Å². The van der Waals surface area contributed by atoms with Crippen LogP contribution in [0.25, 0.3) is 0 Å². The van der Waals surface area contributed by atoms with E-state index in [2.05, 4.69) is 21.2 Å². The van der Waals surface area contributed by atoms with E-state index in [1.54, 1.807) is 26.2 Å². The van der Waals surface area contributed by atoms with E-state index in [1.165, 1.54) is 30.1 Å². The summed E-state index contributed by atoms with van der Waals surface area (Å²) in [5, 5.41) is 3.22. The SMILES string of the molecule is C#CCOc1cnc(C(=O)Nc2ccc(F)c([C@]3(C)N=C(N)S[C@@]4(COC)C[C@H]43)c2)c(C)c1. The van der Waals surface area contributed by atoms with Crippen molar-refractivity contribution in [2.75, 3.05) is 25.6 Å². The molecule has 1 fully saturated rings. The summed E-state index contributed by atoms with van der Waals surface area (Å²) in [6.07, 6.45) is 7.46. The Morgan fingerprint density at radius 2 is 2.24 bits per heavy atom. The summed E-state index contributed by atoms with van der Waals surface area (Å²) >= 11 is 1.49. The third-order valence-corrected chi connectivity index (χ3v) is 7.38. The van der Waals surface area contributed by atoms with Crippen LogP contribution in [-0.2, 0) is 10.3 Å². The quantitative estimate of drug-likeness (QED) is 0.604. The largest absolute Gasteiger partial charge is 0.479 e. The maximum atomic E-state index is 15.0. The van der Waals surface area contributed by atoms with Crippen LogP contribution < -0.4 is 15.8 Å². The van der Waals surface area contributed by atoms with Crippen LogP contribution in [0, 0.1) is 31.0 Å². The first-order valence-corrected chi connectivity index (χ1v) is 11.2. The van der Waals surface area contributed by atoms with Crippen molar-refractivity contribution in [2.45, 2.75) is 30.6 Å². The first-order chi connectivity index (χ1) is 15.7. The van der Waals surface area contributed by atoms with Crippen molar-refractivity contribution in [3.05, 3.63) is 53.1 Å². The number of hydrogen-bond acceptors (Lipinski definition) is 7. The Bertz CT molecular complexity index is 1180. The summed E-state index contributed by atoms with van der Waals surface area (Å²) in [5.74, 6) is 2.11. The number of fused-ring (bicyclic) bond motifs is 1. The van der Waals surface area contributed by atoms with Crippen LogP contribution in [0.4, 0.5) is 10.1 Å². The smallest absolute Gasteiger partial charge is 0.274 e. The van der Waals surface area contributed by atoms with Gasteiger partial charge in [0.1, 0.15) is 23.9 Å². The Kier molecular flexibility index (Phi) is 6.08. The number of thioether (sulfide) groups is 1. The fraction of sp³-hybridized carbons (Fsp3) is 0.375. The number of ether oxygens (including phenoxy) is 2. The molecule has 2 heterocycles. The minimum atomic E-state index is -0.858. The Morgan fingerprint density at radius 1 is 1.45 bits per heavy atom. The minimum Gasteiger partial charge on any atom is -0.479 e. The lowest BCUT2D eigenvalue weighted by Gasteiger charge is -2.34. The van der Waals surface area contributed by atoms with E-state index in [0.717, 1.165) is 6.42 Å². The van der Waals surface area contributed by atoms with Crippen molar-refractivity contribution in [3.63, 3.8) is 0 Å². The number of methoxy groups -OCH3 is 1. The molecule has 9 heteroatoms. The number of hydrogen-bond donors (Lipinski definition) is 2. The lowest BCUT2D eigenvalue weighted by Crippen LogP contribution is -2.37. The second kappa shape index (κ2) is 8.69. The number of nitrogens with one attached hydrogen (secondary N) is 1. The van der Waals surface area contributed by atoms with Gasteiger partial charge in [0.2, 0.25) is 0 Å². The number of amides is 1. The van der Waals surface area contributed by atoms with Gasteiger partial charge in [0.25, 0.3) is 5.91 Å². The summed E-state index contributed by atoms with van der Waals surface area (Å²) in [6.45, 7) is 4.26. The first kappa shape index (κ1) is 23.1. The van der Waals surface area contributed by atoms with Gasteiger partial charge in [-0.05, 0) is 50.1 Å². The number of carbonyl (C=O) groups excluding carboxylic acids is 1. The van der Waals surface area contributed by atoms with Gasteiger partial charge in [-0.3, -0.25) is 9.79 Å². The number of pyridine rings is 1. The number of carbonyl (C=O) groups is 1. The van der Waals surface area contributed by atoms with Crippen LogP contribution in [0.1, 0.15) is 35.0 Å². The molecule has 1 saturated carbocycles. The maximum absolute atomic E-state index is 15.0. The molecule has 3 N–H and O–H groups in total. The Morgan fingerprint density at radius 3 is 2.94 bits per heavy atom. The highest BCUT2D eigenvalue weighted by Crippen LogP contribution is 2.66. The van der Waals surface area contributed by atoms with Crippen molar-refractivity contribution in [3.8, 4) is 18.1 Å². The summed E-state index contributed by atoms with van der Waals surface area (Å²) in [7, 11) is 1.64. The Labute approximate surface area is 196 Å². The van der Waals surface area contributed by atoms with Crippen LogP contribution in [0.2, 0.25) is 0 Å². The molecule has 1 amide bonds. The average molecular weight is 469 g/mol. The molecule has 0 radical (unpaired) electrons. The monoisotopic (exact) mass is 468 g/mol. The first-order valence-electron chi connectivity index (χ1n) is 10.4. The highest BCUT2D eigenvalue weighted by atomic mass is 32.2. The molecule has 0 saturated heterocycles. The zero-order valence-corrected chi connectivity index (χ0v) is 19.5. The summed E-state index contributed by atoms with van der Waals surface area (Å²) in [4.78, 5) is 21.7. The molecule has 172 valence electrons. The van der Waals surface area contributed by atoms with Crippen molar-refractivity contribution in [2.24, 2.45) is 16.6 Å². The number of terminal acetylenes is 1. The van der Waals surface area contributed by atoms with E-state index in [1.807, 2.05) is 6.92 Å². The van der Waals surface area contributed by atoms with Gasteiger partial charge in [0.15, 0.2) is 5.17 Å². The summed E-state index contributed by atoms with van der Waals surface area (Å²) < 4.78 is 25.5. The molecule has 2 aromatic rings. The van der Waals surface area contributed by atoms with Crippen LogP contribution in [-0.4, -0.2) is 41.1 Å². The standard InChI is InChI=1S/C24H25FN4O3S/c1-5-8-32-16-9-14(2)20(27-12-16)21(30)28-15-6-7-18(25)17(10-15)23(3)19-11-24(19,13-31-4)33-22(26)29-23/h1,6-7,9-10,12,19H,8,11,13H2,2-4H3,(H2,26,29)(H,28,30)/t19-,23-,24+/m0/s1. The number of rotatable bonds is 7. The normalized spacial score (nSPS) is 25.4. The lowest BCUT2D eigenvalue weighted by molar-refractivity contribution is 0.102. The molecular formula is C24H25FN4O3S. The number of aryl methyl sites for hydroxylation is 1. The second-order valence-electron chi connectivity index (χ2n) is 8.43. The Balaban J connectivity index is 1.59. The predicted octanol–water partition coefficient (Wildman–Crippen LogP) is 3.48. The van der Waals surface area contributed by atoms with Crippen molar-refractivity contribution in [1.82, 2.24) is 4.98 Å². The number of benzene rings is 1. The van der Waals surface area contributed by atoms with Gasteiger partial charge in [0, 0.05) is 24.3 Å². The van der Waals surface area contributed by atoms with Crippen LogP contribution >= 0.6 is 11.8 Å². The lowest BCUT2D eigenvalue weighted by atomic mass is 9.85. The van der Waals surface area contributed by atoms with E-state index < -0.39 is 17.3 Å². The highest BCUT2D eigenvalue weighted by molar-refractivity contribution is 8.15. The molecule has 1 aromatic heterocycles. The van der Waals surface area contributed by atoms with Crippen molar-refractivity contribution >= 4 is 28.5 Å². The molecule has 7 nitrogen and oxygen atoms in total. The molecular weight excluding hydrogens is 443 g/mol. The molecule has 0 bridgehead atoms. The van der Waals surface area contributed by atoms with Crippen LogP contribution in [0.5, 0.6) is 5.75 Å². The molecule has 4 rings (SSSR count). The summed E-state index contributed by atoms with van der Waals surface area (Å²) in [6, 6.07) is 6.16.